The van der Waals surface area contributed by atoms with Gasteiger partial charge in [0.15, 0.2) is 0 Å². The molecule has 1 aromatic rings. The van der Waals surface area contributed by atoms with Gasteiger partial charge in [0.25, 0.3) is 0 Å². The second-order valence-corrected chi connectivity index (χ2v) is 6.35. The molecule has 0 unspecified atom stereocenters. The van der Waals surface area contributed by atoms with Crippen LogP contribution in [0.2, 0.25) is 0 Å². The van der Waals surface area contributed by atoms with Crippen LogP contribution >= 0.6 is 0 Å². The molecule has 0 aromatic carbocycles. The zero-order valence-electron chi connectivity index (χ0n) is 10.1. The van der Waals surface area contributed by atoms with Crippen molar-refractivity contribution in [3.05, 3.63) is 12.4 Å². The van der Waals surface area contributed by atoms with E-state index in [4.69, 9.17) is 0 Å². The first kappa shape index (κ1) is 12.5. The highest BCUT2D eigenvalue weighted by atomic mass is 32.2. The van der Waals surface area contributed by atoms with Gasteiger partial charge in [-0.25, -0.2) is 8.42 Å². The Morgan fingerprint density at radius 3 is 2.65 bits per heavy atom. The molecule has 6 nitrogen and oxygen atoms in total. The molecule has 0 radical (unpaired) electrons. The van der Waals surface area contributed by atoms with E-state index in [-0.39, 0.29) is 10.9 Å². The lowest BCUT2D eigenvalue weighted by molar-refractivity contribution is 0.296. The van der Waals surface area contributed by atoms with Gasteiger partial charge in [-0.3, -0.25) is 4.68 Å². The normalized spacial score (nSPS) is 18.8. The predicted molar refractivity (Wildman–Crippen MR) is 64.0 cm³/mol. The highest BCUT2D eigenvalue weighted by Gasteiger charge is 2.29. The average Bonchev–Trinajstić information content (AvgIpc) is 2.77. The molecule has 0 spiro atoms. The van der Waals surface area contributed by atoms with Crippen molar-refractivity contribution in [3.8, 4) is 0 Å². The van der Waals surface area contributed by atoms with Crippen LogP contribution in [0, 0.1) is 0 Å². The van der Waals surface area contributed by atoms with E-state index in [9.17, 15) is 8.42 Å². The van der Waals surface area contributed by atoms with E-state index in [1.807, 2.05) is 0 Å². The average molecular weight is 258 g/mol. The molecule has 0 saturated carbocycles. The maximum atomic E-state index is 12.3. The van der Waals surface area contributed by atoms with E-state index < -0.39 is 10.0 Å². The molecular formula is C10H18N4O2S. The summed E-state index contributed by atoms with van der Waals surface area (Å²) in [6.45, 7) is 1.75. The van der Waals surface area contributed by atoms with Gasteiger partial charge in [0.2, 0.25) is 10.0 Å². The number of aryl methyl sites for hydroxylation is 1. The Kier molecular flexibility index (Phi) is 3.50. The molecular weight excluding hydrogens is 240 g/mol. The summed E-state index contributed by atoms with van der Waals surface area (Å²) in [4.78, 5) is 0.265. The quantitative estimate of drug-likeness (QED) is 0.815. The fourth-order valence-corrected chi connectivity index (χ4v) is 3.47. The summed E-state index contributed by atoms with van der Waals surface area (Å²) in [5.41, 5.74) is 0. The lowest BCUT2D eigenvalue weighted by Crippen LogP contribution is -2.43. The monoisotopic (exact) mass is 258 g/mol. The number of hydrogen-bond acceptors (Lipinski definition) is 4. The van der Waals surface area contributed by atoms with Crippen molar-refractivity contribution >= 4 is 10.0 Å². The Bertz CT molecular complexity index is 476. The summed E-state index contributed by atoms with van der Waals surface area (Å²) < 4.78 is 27.6. The summed E-state index contributed by atoms with van der Waals surface area (Å²) in [6.07, 6.45) is 4.64. The molecule has 1 N–H and O–H groups in total. The van der Waals surface area contributed by atoms with Crippen LogP contribution in [0.15, 0.2) is 17.3 Å². The van der Waals surface area contributed by atoms with Crippen molar-refractivity contribution in [3.63, 3.8) is 0 Å². The number of aromatic nitrogens is 2. The van der Waals surface area contributed by atoms with E-state index in [1.54, 1.807) is 14.1 Å². The van der Waals surface area contributed by atoms with Crippen LogP contribution < -0.4 is 5.32 Å². The Morgan fingerprint density at radius 2 is 2.12 bits per heavy atom. The van der Waals surface area contributed by atoms with Gasteiger partial charge in [-0.1, -0.05) is 0 Å². The van der Waals surface area contributed by atoms with Crippen LogP contribution in [-0.2, 0) is 17.1 Å². The maximum Gasteiger partial charge on any atom is 0.246 e. The molecule has 1 aliphatic heterocycles. The van der Waals surface area contributed by atoms with Gasteiger partial charge in [0, 0.05) is 26.3 Å². The molecule has 2 heterocycles. The second-order valence-electron chi connectivity index (χ2n) is 4.35. The first-order chi connectivity index (χ1) is 8.01. The van der Waals surface area contributed by atoms with Crippen molar-refractivity contribution in [1.82, 2.24) is 19.4 Å². The second kappa shape index (κ2) is 4.75. The highest BCUT2D eigenvalue weighted by Crippen LogP contribution is 2.19. The SMILES string of the molecule is CN(C1CCNCC1)S(=O)(=O)c1cnn(C)c1. The molecule has 1 aromatic heterocycles. The Labute approximate surface area is 102 Å². The van der Waals surface area contributed by atoms with Crippen LogP contribution in [0.1, 0.15) is 12.8 Å². The third-order valence-electron chi connectivity index (χ3n) is 3.18. The smallest absolute Gasteiger partial charge is 0.246 e. The number of piperidine rings is 1. The molecule has 1 aliphatic rings. The lowest BCUT2D eigenvalue weighted by atomic mass is 10.1. The minimum atomic E-state index is -3.40. The van der Waals surface area contributed by atoms with Crippen molar-refractivity contribution in [1.29, 1.82) is 0 Å². The topological polar surface area (TPSA) is 67.2 Å². The third-order valence-corrected chi connectivity index (χ3v) is 5.04. The number of nitrogens with zero attached hydrogens (tertiary/aromatic N) is 3. The maximum absolute atomic E-state index is 12.3. The van der Waals surface area contributed by atoms with Gasteiger partial charge in [-0.2, -0.15) is 9.40 Å². The van der Waals surface area contributed by atoms with Gasteiger partial charge < -0.3 is 5.32 Å². The van der Waals surface area contributed by atoms with E-state index in [0.717, 1.165) is 25.9 Å². The lowest BCUT2D eigenvalue weighted by Gasteiger charge is -2.30. The summed E-state index contributed by atoms with van der Waals surface area (Å²) in [5, 5.41) is 7.14. The molecule has 1 fully saturated rings. The Morgan fingerprint density at radius 1 is 1.47 bits per heavy atom. The first-order valence-electron chi connectivity index (χ1n) is 5.69. The molecule has 2 rings (SSSR count). The van der Waals surface area contributed by atoms with Gasteiger partial charge in [-0.15, -0.1) is 0 Å². The summed E-state index contributed by atoms with van der Waals surface area (Å²) in [5.74, 6) is 0. The Balaban J connectivity index is 2.20. The van der Waals surface area contributed by atoms with E-state index in [0.29, 0.717) is 0 Å². The number of sulfonamides is 1. The van der Waals surface area contributed by atoms with Crippen molar-refractivity contribution in [2.75, 3.05) is 20.1 Å². The molecule has 17 heavy (non-hydrogen) atoms. The highest BCUT2D eigenvalue weighted by molar-refractivity contribution is 7.89. The van der Waals surface area contributed by atoms with Crippen molar-refractivity contribution in [2.45, 2.75) is 23.8 Å². The molecule has 0 aliphatic carbocycles. The van der Waals surface area contributed by atoms with Crippen LogP contribution in [0.5, 0.6) is 0 Å². The molecule has 0 atom stereocenters. The molecule has 0 amide bonds. The molecule has 1 saturated heterocycles. The predicted octanol–water partition coefficient (Wildman–Crippen LogP) is -0.207. The molecule has 96 valence electrons. The largest absolute Gasteiger partial charge is 0.317 e. The van der Waals surface area contributed by atoms with Crippen LogP contribution in [0.3, 0.4) is 0 Å². The fraction of sp³-hybridized carbons (Fsp3) is 0.700. The number of nitrogens with one attached hydrogen (secondary N) is 1. The fourth-order valence-electron chi connectivity index (χ4n) is 2.06. The van der Waals surface area contributed by atoms with Crippen LogP contribution in [0.25, 0.3) is 0 Å². The minimum Gasteiger partial charge on any atom is -0.317 e. The van der Waals surface area contributed by atoms with E-state index in [2.05, 4.69) is 10.4 Å². The Hall–Kier alpha value is -0.920. The van der Waals surface area contributed by atoms with E-state index in [1.165, 1.54) is 21.4 Å². The minimum absolute atomic E-state index is 0.0847. The summed E-state index contributed by atoms with van der Waals surface area (Å²) in [6, 6.07) is 0.0847. The zero-order chi connectivity index (χ0) is 12.5. The van der Waals surface area contributed by atoms with Crippen LogP contribution in [-0.4, -0.2) is 48.7 Å². The van der Waals surface area contributed by atoms with Crippen molar-refractivity contribution in [2.24, 2.45) is 7.05 Å². The zero-order valence-corrected chi connectivity index (χ0v) is 10.9. The number of rotatable bonds is 3. The number of hydrogen-bond donors (Lipinski definition) is 1. The van der Waals surface area contributed by atoms with Gasteiger partial charge in [0.05, 0.1) is 6.20 Å². The van der Waals surface area contributed by atoms with Gasteiger partial charge in [-0.05, 0) is 25.9 Å². The summed E-state index contributed by atoms with van der Waals surface area (Å²) >= 11 is 0. The first-order valence-corrected chi connectivity index (χ1v) is 7.13. The van der Waals surface area contributed by atoms with Crippen molar-refractivity contribution < 1.29 is 8.42 Å². The van der Waals surface area contributed by atoms with Crippen LogP contribution in [0.4, 0.5) is 0 Å². The third kappa shape index (κ3) is 2.51. The van der Waals surface area contributed by atoms with E-state index >= 15 is 0 Å². The summed E-state index contributed by atoms with van der Waals surface area (Å²) in [7, 11) is -0.0326. The molecule has 0 bridgehead atoms. The molecule has 7 heteroatoms. The standard InChI is InChI=1S/C10H18N4O2S/c1-13-8-10(7-12-13)17(15,16)14(2)9-3-5-11-6-4-9/h7-9,11H,3-6H2,1-2H3. The van der Waals surface area contributed by atoms with Gasteiger partial charge in [0.1, 0.15) is 4.90 Å². The van der Waals surface area contributed by atoms with Gasteiger partial charge >= 0.3 is 0 Å².